The first-order valence-electron chi connectivity index (χ1n) is 5.77. The van der Waals surface area contributed by atoms with E-state index in [4.69, 9.17) is 0 Å². The van der Waals surface area contributed by atoms with Gasteiger partial charge in [0.1, 0.15) is 6.33 Å². The van der Waals surface area contributed by atoms with Gasteiger partial charge >= 0.3 is 0 Å². The molecular formula is C11H11F2N5O2. The molecule has 0 atom stereocenters. The lowest BCUT2D eigenvalue weighted by Gasteiger charge is -2.09. The summed E-state index contributed by atoms with van der Waals surface area (Å²) < 4.78 is 28.5. The average molecular weight is 283 g/mol. The molecule has 7 nitrogen and oxygen atoms in total. The van der Waals surface area contributed by atoms with Gasteiger partial charge in [0.05, 0.1) is 11.5 Å². The Morgan fingerprint density at radius 1 is 1.45 bits per heavy atom. The van der Waals surface area contributed by atoms with Gasteiger partial charge in [-0.2, -0.15) is 0 Å². The van der Waals surface area contributed by atoms with Gasteiger partial charge < -0.3 is 9.88 Å². The Labute approximate surface area is 112 Å². The number of nitro benzene ring substituents is 1. The van der Waals surface area contributed by atoms with E-state index in [-0.39, 0.29) is 6.54 Å². The summed E-state index contributed by atoms with van der Waals surface area (Å²) in [5.74, 6) is -1.98. The fourth-order valence-corrected chi connectivity index (χ4v) is 1.71. The molecule has 0 bridgehead atoms. The van der Waals surface area contributed by atoms with Crippen LogP contribution in [-0.4, -0.2) is 19.7 Å². The van der Waals surface area contributed by atoms with Gasteiger partial charge in [0.2, 0.25) is 0 Å². The van der Waals surface area contributed by atoms with Crippen molar-refractivity contribution < 1.29 is 13.7 Å². The van der Waals surface area contributed by atoms with E-state index in [1.807, 2.05) is 6.92 Å². The number of hydrogen-bond donors (Lipinski definition) is 1. The van der Waals surface area contributed by atoms with Crippen LogP contribution in [0.1, 0.15) is 12.7 Å². The lowest BCUT2D eigenvalue weighted by Crippen LogP contribution is -2.10. The molecule has 2 aromatic rings. The minimum Gasteiger partial charge on any atom is -0.370 e. The lowest BCUT2D eigenvalue weighted by molar-refractivity contribution is -0.384. The molecular weight excluding hydrogens is 272 g/mol. The predicted molar refractivity (Wildman–Crippen MR) is 66.0 cm³/mol. The molecule has 1 aromatic carbocycles. The summed E-state index contributed by atoms with van der Waals surface area (Å²) in [6, 6.07) is 1.62. The SMILES string of the molecule is CCn1cnnc1CNc1c([N+](=O)[O-])ccc(F)c1F. The van der Waals surface area contributed by atoms with Gasteiger partial charge in [-0.25, -0.2) is 8.78 Å². The summed E-state index contributed by atoms with van der Waals surface area (Å²) >= 11 is 0. The Morgan fingerprint density at radius 2 is 2.20 bits per heavy atom. The molecule has 0 saturated carbocycles. The second-order valence-electron chi connectivity index (χ2n) is 3.90. The van der Waals surface area contributed by atoms with Crippen LogP contribution in [0.25, 0.3) is 0 Å². The Balaban J connectivity index is 2.29. The molecule has 1 aromatic heterocycles. The second-order valence-corrected chi connectivity index (χ2v) is 3.90. The average Bonchev–Trinajstić information content (AvgIpc) is 2.87. The first-order valence-corrected chi connectivity index (χ1v) is 5.77. The molecule has 0 unspecified atom stereocenters. The summed E-state index contributed by atoms with van der Waals surface area (Å²) in [5.41, 5.74) is -1.04. The van der Waals surface area contributed by atoms with Crippen molar-refractivity contribution in [3.05, 3.63) is 46.0 Å². The van der Waals surface area contributed by atoms with Crippen LogP contribution in [0, 0.1) is 21.7 Å². The largest absolute Gasteiger partial charge is 0.370 e. The van der Waals surface area contributed by atoms with E-state index in [9.17, 15) is 18.9 Å². The highest BCUT2D eigenvalue weighted by Crippen LogP contribution is 2.29. The zero-order valence-electron chi connectivity index (χ0n) is 10.5. The highest BCUT2D eigenvalue weighted by molar-refractivity contribution is 5.62. The van der Waals surface area contributed by atoms with Crippen LogP contribution < -0.4 is 5.32 Å². The number of halogens is 2. The Bertz CT molecular complexity index is 644. The minimum absolute atomic E-state index is 0.00491. The van der Waals surface area contributed by atoms with Gasteiger partial charge in [-0.1, -0.05) is 0 Å². The van der Waals surface area contributed by atoms with Crippen molar-refractivity contribution in [1.29, 1.82) is 0 Å². The zero-order chi connectivity index (χ0) is 14.7. The third-order valence-corrected chi connectivity index (χ3v) is 2.73. The topological polar surface area (TPSA) is 85.9 Å². The fourth-order valence-electron chi connectivity index (χ4n) is 1.71. The molecule has 0 fully saturated rings. The predicted octanol–water partition coefficient (Wildman–Crippen LogP) is 2.10. The Morgan fingerprint density at radius 3 is 2.85 bits per heavy atom. The Hall–Kier alpha value is -2.58. The molecule has 0 aliphatic carbocycles. The van der Waals surface area contributed by atoms with E-state index in [2.05, 4.69) is 15.5 Å². The van der Waals surface area contributed by atoms with Crippen LogP contribution in [0.15, 0.2) is 18.5 Å². The van der Waals surface area contributed by atoms with Crippen molar-refractivity contribution in [2.45, 2.75) is 20.0 Å². The number of nitro groups is 1. The highest BCUT2D eigenvalue weighted by Gasteiger charge is 2.21. The van der Waals surface area contributed by atoms with Crippen LogP contribution >= 0.6 is 0 Å². The van der Waals surface area contributed by atoms with E-state index < -0.39 is 27.9 Å². The molecule has 0 radical (unpaired) electrons. The van der Waals surface area contributed by atoms with Crippen molar-refractivity contribution in [2.75, 3.05) is 5.32 Å². The molecule has 20 heavy (non-hydrogen) atoms. The van der Waals surface area contributed by atoms with Crippen molar-refractivity contribution in [2.24, 2.45) is 0 Å². The van der Waals surface area contributed by atoms with Gasteiger partial charge in [0.15, 0.2) is 23.1 Å². The Kier molecular flexibility index (Phi) is 3.87. The van der Waals surface area contributed by atoms with Crippen LogP contribution in [0.3, 0.4) is 0 Å². The van der Waals surface area contributed by atoms with Gasteiger partial charge in [-0.3, -0.25) is 10.1 Å². The van der Waals surface area contributed by atoms with E-state index in [1.54, 1.807) is 4.57 Å². The number of nitrogens with zero attached hydrogens (tertiary/aromatic N) is 4. The molecule has 9 heteroatoms. The molecule has 2 rings (SSSR count). The van der Waals surface area contributed by atoms with Crippen molar-refractivity contribution in [1.82, 2.24) is 14.8 Å². The van der Waals surface area contributed by atoms with Crippen LogP contribution in [0.5, 0.6) is 0 Å². The number of hydrogen-bond acceptors (Lipinski definition) is 5. The number of benzene rings is 1. The van der Waals surface area contributed by atoms with E-state index in [1.165, 1.54) is 6.33 Å². The molecule has 0 amide bonds. The van der Waals surface area contributed by atoms with E-state index in [0.29, 0.717) is 18.4 Å². The summed E-state index contributed by atoms with van der Waals surface area (Å²) in [6.45, 7) is 2.45. The lowest BCUT2D eigenvalue weighted by atomic mass is 10.2. The molecule has 1 N–H and O–H groups in total. The fraction of sp³-hybridized carbons (Fsp3) is 0.273. The zero-order valence-corrected chi connectivity index (χ0v) is 10.5. The van der Waals surface area contributed by atoms with Gasteiger partial charge in [0, 0.05) is 12.6 Å². The molecule has 106 valence electrons. The second kappa shape index (κ2) is 5.59. The smallest absolute Gasteiger partial charge is 0.295 e. The highest BCUT2D eigenvalue weighted by atomic mass is 19.2. The number of aromatic nitrogens is 3. The van der Waals surface area contributed by atoms with Crippen LogP contribution in [0.2, 0.25) is 0 Å². The summed E-state index contributed by atoms with van der Waals surface area (Å²) in [4.78, 5) is 10.0. The van der Waals surface area contributed by atoms with Crippen molar-refractivity contribution in [3.8, 4) is 0 Å². The van der Waals surface area contributed by atoms with Crippen LogP contribution in [-0.2, 0) is 13.1 Å². The molecule has 0 aliphatic rings. The van der Waals surface area contributed by atoms with Gasteiger partial charge in [-0.05, 0) is 13.0 Å². The van der Waals surface area contributed by atoms with Crippen LogP contribution in [0.4, 0.5) is 20.2 Å². The van der Waals surface area contributed by atoms with Crippen molar-refractivity contribution in [3.63, 3.8) is 0 Å². The standard InChI is InChI=1S/C11H11F2N5O2/c1-2-17-6-15-16-9(17)5-14-11-8(18(19)20)4-3-7(12)10(11)13/h3-4,6,14H,2,5H2,1H3. The third-order valence-electron chi connectivity index (χ3n) is 2.73. The van der Waals surface area contributed by atoms with Crippen molar-refractivity contribution >= 4 is 11.4 Å². The summed E-state index contributed by atoms with van der Waals surface area (Å²) in [6.07, 6.45) is 1.48. The summed E-state index contributed by atoms with van der Waals surface area (Å²) in [5, 5.41) is 20.8. The number of anilines is 1. The number of rotatable bonds is 5. The van der Waals surface area contributed by atoms with Gasteiger partial charge in [0.25, 0.3) is 5.69 Å². The molecule has 0 saturated heterocycles. The third kappa shape index (κ3) is 2.56. The first kappa shape index (κ1) is 13.8. The monoisotopic (exact) mass is 283 g/mol. The quantitative estimate of drug-likeness (QED) is 0.670. The number of nitrogens with one attached hydrogen (secondary N) is 1. The minimum atomic E-state index is -1.29. The van der Waals surface area contributed by atoms with E-state index >= 15 is 0 Å². The number of aryl methyl sites for hydroxylation is 1. The maximum Gasteiger partial charge on any atom is 0.295 e. The molecule has 0 aliphatic heterocycles. The van der Waals surface area contributed by atoms with Gasteiger partial charge in [-0.15, -0.1) is 10.2 Å². The maximum atomic E-state index is 13.6. The van der Waals surface area contributed by atoms with E-state index in [0.717, 1.165) is 6.07 Å². The normalized spacial score (nSPS) is 10.6. The first-order chi connectivity index (χ1) is 9.54. The molecule has 0 spiro atoms. The summed E-state index contributed by atoms with van der Waals surface area (Å²) in [7, 11) is 0. The maximum absolute atomic E-state index is 13.6. The molecule has 1 heterocycles.